The van der Waals surface area contributed by atoms with Crippen LogP contribution >= 0.6 is 0 Å². The Kier molecular flexibility index (Phi) is 6.56. The second-order valence-electron chi connectivity index (χ2n) is 6.56. The van der Waals surface area contributed by atoms with Gasteiger partial charge < -0.3 is 21.1 Å². The Hall–Kier alpha value is -3.85. The lowest BCUT2D eigenvalue weighted by molar-refractivity contribution is 0.102. The topological polar surface area (TPSA) is 125 Å². The van der Waals surface area contributed by atoms with E-state index in [1.807, 2.05) is 6.07 Å². The third kappa shape index (κ3) is 5.61. The van der Waals surface area contributed by atoms with E-state index in [4.69, 9.17) is 0 Å². The predicted octanol–water partition coefficient (Wildman–Crippen LogP) is 4.08. The first kappa shape index (κ1) is 21.8. The smallest absolute Gasteiger partial charge is 0.323 e. The Morgan fingerprint density at radius 3 is 2.06 bits per heavy atom. The van der Waals surface area contributed by atoms with Gasteiger partial charge in [-0.2, -0.15) is 0 Å². The molecule has 8 nitrogen and oxygen atoms in total. The zero-order chi connectivity index (χ0) is 22.4. The fourth-order valence-electron chi connectivity index (χ4n) is 2.69. The van der Waals surface area contributed by atoms with Gasteiger partial charge in [0.2, 0.25) is 0 Å². The average Bonchev–Trinajstić information content (AvgIpc) is 2.76. The van der Waals surface area contributed by atoms with E-state index in [2.05, 4.69) is 16.0 Å². The second-order valence-corrected chi connectivity index (χ2v) is 8.84. The zero-order valence-electron chi connectivity index (χ0n) is 16.6. The summed E-state index contributed by atoms with van der Waals surface area (Å²) in [6.07, 6.45) is 0. The Bertz CT molecular complexity index is 1190. The summed E-state index contributed by atoms with van der Waals surface area (Å²) >= 11 is 0. The molecule has 0 aliphatic rings. The van der Waals surface area contributed by atoms with Gasteiger partial charge >= 0.3 is 6.03 Å². The number of carbonyl (C=O) groups excluding carboxylic acids is 2. The number of para-hydroxylation sites is 1. The first-order valence-corrected chi connectivity index (χ1v) is 11.0. The lowest BCUT2D eigenvalue weighted by atomic mass is 10.2. The van der Waals surface area contributed by atoms with Crippen molar-refractivity contribution in [3.05, 3.63) is 78.4 Å². The van der Waals surface area contributed by atoms with Crippen LogP contribution in [0.5, 0.6) is 5.75 Å². The highest BCUT2D eigenvalue weighted by atomic mass is 32.2. The Morgan fingerprint density at radius 1 is 0.839 bits per heavy atom. The van der Waals surface area contributed by atoms with Gasteiger partial charge in [-0.25, -0.2) is 13.2 Å². The van der Waals surface area contributed by atoms with Crippen molar-refractivity contribution in [2.24, 2.45) is 0 Å². The van der Waals surface area contributed by atoms with Crippen LogP contribution in [0.1, 0.15) is 17.3 Å². The minimum atomic E-state index is -3.49. The van der Waals surface area contributed by atoms with Gasteiger partial charge in [0.25, 0.3) is 5.91 Å². The van der Waals surface area contributed by atoms with E-state index in [-0.39, 0.29) is 27.6 Å². The van der Waals surface area contributed by atoms with Crippen molar-refractivity contribution in [2.75, 3.05) is 21.7 Å². The molecule has 3 rings (SSSR count). The number of nitrogens with one attached hydrogen (secondary N) is 3. The molecule has 3 aromatic rings. The van der Waals surface area contributed by atoms with E-state index in [1.54, 1.807) is 36.4 Å². The first-order valence-electron chi connectivity index (χ1n) is 9.39. The number of benzene rings is 3. The van der Waals surface area contributed by atoms with Gasteiger partial charge in [-0.3, -0.25) is 4.79 Å². The molecule has 0 aliphatic carbocycles. The zero-order valence-corrected chi connectivity index (χ0v) is 17.4. The number of rotatable bonds is 6. The van der Waals surface area contributed by atoms with Gasteiger partial charge in [0, 0.05) is 16.9 Å². The molecule has 31 heavy (non-hydrogen) atoms. The van der Waals surface area contributed by atoms with Crippen molar-refractivity contribution >= 4 is 38.8 Å². The molecule has 0 saturated heterocycles. The monoisotopic (exact) mass is 439 g/mol. The molecule has 0 saturated carbocycles. The largest absolute Gasteiger partial charge is 0.506 e. The van der Waals surface area contributed by atoms with Crippen LogP contribution in [0.3, 0.4) is 0 Å². The van der Waals surface area contributed by atoms with E-state index in [9.17, 15) is 23.1 Å². The SMILES string of the molecule is CCS(=O)(=O)c1ccc(O)c(NC(=O)c2ccc(NC(=O)Nc3ccccc3)cc2)c1. The maximum Gasteiger partial charge on any atom is 0.323 e. The second kappa shape index (κ2) is 9.31. The molecule has 0 radical (unpaired) electrons. The summed E-state index contributed by atoms with van der Waals surface area (Å²) in [4.78, 5) is 24.5. The van der Waals surface area contributed by atoms with Crippen molar-refractivity contribution < 1.29 is 23.1 Å². The molecular formula is C22H21N3O5S. The minimum Gasteiger partial charge on any atom is -0.506 e. The summed E-state index contributed by atoms with van der Waals surface area (Å²) < 4.78 is 24.1. The molecule has 0 unspecified atom stereocenters. The van der Waals surface area contributed by atoms with Crippen molar-refractivity contribution in [1.82, 2.24) is 0 Å². The minimum absolute atomic E-state index is 0.00655. The molecule has 0 fully saturated rings. The van der Waals surface area contributed by atoms with Crippen LogP contribution in [0.2, 0.25) is 0 Å². The molecule has 0 aliphatic heterocycles. The third-order valence-electron chi connectivity index (χ3n) is 4.39. The van der Waals surface area contributed by atoms with E-state index < -0.39 is 21.8 Å². The summed E-state index contributed by atoms with van der Waals surface area (Å²) in [6, 6.07) is 18.3. The van der Waals surface area contributed by atoms with Crippen molar-refractivity contribution in [1.29, 1.82) is 0 Å². The van der Waals surface area contributed by atoms with Gasteiger partial charge in [0.1, 0.15) is 5.75 Å². The highest BCUT2D eigenvalue weighted by Gasteiger charge is 2.16. The van der Waals surface area contributed by atoms with E-state index in [0.717, 1.165) is 0 Å². The molecule has 9 heteroatoms. The van der Waals surface area contributed by atoms with Crippen LogP contribution in [-0.4, -0.2) is 31.2 Å². The van der Waals surface area contributed by atoms with Crippen LogP contribution in [0.4, 0.5) is 21.9 Å². The number of aromatic hydroxyl groups is 1. The number of phenols is 1. The number of sulfone groups is 1. The maximum atomic E-state index is 12.5. The number of anilines is 3. The highest BCUT2D eigenvalue weighted by molar-refractivity contribution is 7.91. The molecule has 0 bridgehead atoms. The van der Waals surface area contributed by atoms with Crippen LogP contribution in [0, 0.1) is 0 Å². The summed E-state index contributed by atoms with van der Waals surface area (Å²) in [5, 5.41) is 17.8. The highest BCUT2D eigenvalue weighted by Crippen LogP contribution is 2.27. The van der Waals surface area contributed by atoms with E-state index in [0.29, 0.717) is 11.4 Å². The third-order valence-corrected chi connectivity index (χ3v) is 6.12. The number of urea groups is 1. The predicted molar refractivity (Wildman–Crippen MR) is 119 cm³/mol. The summed E-state index contributed by atoms with van der Waals surface area (Å²) in [6.45, 7) is 1.51. The lowest BCUT2D eigenvalue weighted by Gasteiger charge is -2.11. The number of phenolic OH excluding ortho intramolecular Hbond substituents is 1. The standard InChI is InChI=1S/C22H21N3O5S/c1-2-31(29,30)18-12-13-20(26)19(14-18)25-21(27)15-8-10-17(11-9-15)24-22(28)23-16-6-4-3-5-7-16/h3-14,26H,2H2,1H3,(H,25,27)(H2,23,24,28). The number of hydrogen-bond acceptors (Lipinski definition) is 5. The van der Waals surface area contributed by atoms with Crippen molar-refractivity contribution in [2.45, 2.75) is 11.8 Å². The van der Waals surface area contributed by atoms with E-state index in [1.165, 1.54) is 37.3 Å². The molecule has 4 N–H and O–H groups in total. The van der Waals surface area contributed by atoms with Crippen molar-refractivity contribution in [3.63, 3.8) is 0 Å². The average molecular weight is 439 g/mol. The Morgan fingerprint density at radius 2 is 1.45 bits per heavy atom. The molecule has 0 atom stereocenters. The van der Waals surface area contributed by atoms with Gasteiger partial charge in [-0.05, 0) is 54.6 Å². The van der Waals surface area contributed by atoms with E-state index >= 15 is 0 Å². The van der Waals surface area contributed by atoms with Crippen LogP contribution in [0.15, 0.2) is 77.7 Å². The fourth-order valence-corrected chi connectivity index (χ4v) is 3.60. The van der Waals surface area contributed by atoms with Crippen molar-refractivity contribution in [3.8, 4) is 5.75 Å². The fraction of sp³-hybridized carbons (Fsp3) is 0.0909. The molecule has 0 heterocycles. The molecule has 3 aromatic carbocycles. The van der Waals surface area contributed by atoms with Crippen LogP contribution in [0.25, 0.3) is 0 Å². The summed E-state index contributed by atoms with van der Waals surface area (Å²) in [5.41, 5.74) is 1.37. The van der Waals surface area contributed by atoms with Crippen LogP contribution < -0.4 is 16.0 Å². The normalized spacial score (nSPS) is 10.9. The number of carbonyl (C=O) groups is 2. The first-order chi connectivity index (χ1) is 14.8. The summed E-state index contributed by atoms with van der Waals surface area (Å²) in [5.74, 6) is -0.891. The summed E-state index contributed by atoms with van der Waals surface area (Å²) in [7, 11) is -3.49. The Balaban J connectivity index is 1.67. The maximum absolute atomic E-state index is 12.5. The van der Waals surface area contributed by atoms with Gasteiger partial charge in [-0.15, -0.1) is 0 Å². The van der Waals surface area contributed by atoms with Gasteiger partial charge in [0.15, 0.2) is 9.84 Å². The lowest BCUT2D eigenvalue weighted by Crippen LogP contribution is -2.19. The molecule has 160 valence electrons. The van der Waals surface area contributed by atoms with Gasteiger partial charge in [0.05, 0.1) is 16.3 Å². The molecule has 0 aromatic heterocycles. The number of amides is 3. The van der Waals surface area contributed by atoms with Gasteiger partial charge in [-0.1, -0.05) is 25.1 Å². The van der Waals surface area contributed by atoms with Crippen LogP contribution in [-0.2, 0) is 9.84 Å². The molecular weight excluding hydrogens is 418 g/mol. The Labute approximate surface area is 179 Å². The number of hydrogen-bond donors (Lipinski definition) is 4. The quantitative estimate of drug-likeness (QED) is 0.431. The molecule has 3 amide bonds. The molecule has 0 spiro atoms.